The zero-order valence-corrected chi connectivity index (χ0v) is 7.85. The fraction of sp³-hybridized carbons (Fsp3) is 0.800. The van der Waals surface area contributed by atoms with Crippen molar-refractivity contribution in [1.29, 1.82) is 0 Å². The molecule has 0 spiro atoms. The van der Waals surface area contributed by atoms with E-state index in [2.05, 4.69) is 32.2 Å². The van der Waals surface area contributed by atoms with Crippen LogP contribution in [0.15, 0.2) is 11.6 Å². The zero-order valence-electron chi connectivity index (χ0n) is 7.85. The lowest BCUT2D eigenvalue weighted by atomic mass is 9.91. The minimum atomic E-state index is 0.727. The van der Waals surface area contributed by atoms with Gasteiger partial charge in [0.25, 0.3) is 0 Å². The highest BCUT2D eigenvalue weighted by molar-refractivity contribution is 5.10. The van der Waals surface area contributed by atoms with Gasteiger partial charge in [0.1, 0.15) is 0 Å². The van der Waals surface area contributed by atoms with Crippen LogP contribution in [0.25, 0.3) is 0 Å². The van der Waals surface area contributed by atoms with E-state index in [0.29, 0.717) is 0 Å². The van der Waals surface area contributed by atoms with E-state index in [1.54, 1.807) is 5.57 Å². The van der Waals surface area contributed by atoms with Gasteiger partial charge in [0, 0.05) is 6.54 Å². The smallest absolute Gasteiger partial charge is 0.00144 e. The van der Waals surface area contributed by atoms with Crippen LogP contribution in [0.5, 0.6) is 0 Å². The van der Waals surface area contributed by atoms with Crippen LogP contribution in [0.4, 0.5) is 0 Å². The lowest BCUT2D eigenvalue weighted by Crippen LogP contribution is -2.21. The van der Waals surface area contributed by atoms with Crippen LogP contribution in [0.3, 0.4) is 0 Å². The fourth-order valence-electron chi connectivity index (χ4n) is 1.78. The van der Waals surface area contributed by atoms with Gasteiger partial charge in [-0.25, -0.2) is 0 Å². The second-order valence-electron chi connectivity index (χ2n) is 3.75. The van der Waals surface area contributed by atoms with Crippen molar-refractivity contribution >= 4 is 0 Å². The Morgan fingerprint density at radius 2 is 2.27 bits per heavy atom. The molecule has 64 valence electrons. The van der Waals surface area contributed by atoms with Crippen molar-refractivity contribution < 1.29 is 0 Å². The first-order chi connectivity index (χ1) is 5.22. The van der Waals surface area contributed by atoms with Crippen LogP contribution in [0, 0.1) is 11.8 Å². The maximum absolute atomic E-state index is 3.43. The molecule has 1 heterocycles. The third-order valence-electron chi connectivity index (χ3n) is 2.39. The molecule has 0 amide bonds. The van der Waals surface area contributed by atoms with Gasteiger partial charge in [-0.2, -0.15) is 0 Å². The lowest BCUT2D eigenvalue weighted by molar-refractivity contribution is 0.549. The molecule has 1 aliphatic rings. The molecule has 11 heavy (non-hydrogen) atoms. The largest absolute Gasteiger partial charge is 0.316 e. The van der Waals surface area contributed by atoms with Gasteiger partial charge in [0.15, 0.2) is 0 Å². The molecule has 1 aliphatic heterocycles. The highest BCUT2D eigenvalue weighted by atomic mass is 14.9. The number of nitrogens with one attached hydrogen (secondary N) is 1. The van der Waals surface area contributed by atoms with E-state index >= 15 is 0 Å². The maximum atomic E-state index is 3.43. The van der Waals surface area contributed by atoms with E-state index in [1.165, 1.54) is 6.42 Å². The van der Waals surface area contributed by atoms with Gasteiger partial charge in [0.2, 0.25) is 0 Å². The highest BCUT2D eigenvalue weighted by Crippen LogP contribution is 2.21. The molecule has 0 aromatic heterocycles. The molecule has 0 aliphatic carbocycles. The van der Waals surface area contributed by atoms with Crippen molar-refractivity contribution in [3.63, 3.8) is 0 Å². The Morgan fingerprint density at radius 1 is 1.55 bits per heavy atom. The molecule has 1 rings (SSSR count). The molecule has 0 bridgehead atoms. The second-order valence-corrected chi connectivity index (χ2v) is 3.75. The molecular formula is C10H19N. The van der Waals surface area contributed by atoms with Crippen LogP contribution >= 0.6 is 0 Å². The van der Waals surface area contributed by atoms with Gasteiger partial charge >= 0.3 is 0 Å². The Morgan fingerprint density at radius 3 is 2.91 bits per heavy atom. The monoisotopic (exact) mass is 153 g/mol. The lowest BCUT2D eigenvalue weighted by Gasteiger charge is -2.17. The van der Waals surface area contributed by atoms with Crippen molar-refractivity contribution in [3.8, 4) is 0 Å². The molecular weight excluding hydrogens is 134 g/mol. The van der Waals surface area contributed by atoms with Crippen molar-refractivity contribution in [3.05, 3.63) is 11.6 Å². The molecule has 0 saturated heterocycles. The number of hydrogen-bond donors (Lipinski definition) is 1. The molecule has 1 unspecified atom stereocenters. The average Bonchev–Trinajstić information content (AvgIpc) is 2.13. The predicted molar refractivity (Wildman–Crippen MR) is 49.6 cm³/mol. The van der Waals surface area contributed by atoms with Crippen molar-refractivity contribution in [2.75, 3.05) is 13.1 Å². The van der Waals surface area contributed by atoms with Gasteiger partial charge < -0.3 is 5.32 Å². The number of rotatable bonds is 1. The molecule has 1 nitrogen and oxygen atoms in total. The summed E-state index contributed by atoms with van der Waals surface area (Å²) in [4.78, 5) is 0. The molecule has 1 heteroatoms. The van der Waals surface area contributed by atoms with Gasteiger partial charge in [-0.3, -0.25) is 0 Å². The fourth-order valence-corrected chi connectivity index (χ4v) is 1.78. The summed E-state index contributed by atoms with van der Waals surface area (Å²) in [5, 5.41) is 3.43. The zero-order chi connectivity index (χ0) is 8.27. The standard InChI is InChI=1S/C10H19N/c1-8(2)10-5-4-6-11-7-9(10)3/h5,8-9,11H,4,6-7H2,1-3H3. The van der Waals surface area contributed by atoms with Crippen LogP contribution in [0.2, 0.25) is 0 Å². The average molecular weight is 153 g/mol. The van der Waals surface area contributed by atoms with E-state index in [4.69, 9.17) is 0 Å². The van der Waals surface area contributed by atoms with E-state index in [9.17, 15) is 0 Å². The third kappa shape index (κ3) is 2.33. The van der Waals surface area contributed by atoms with Crippen molar-refractivity contribution in [2.24, 2.45) is 11.8 Å². The third-order valence-corrected chi connectivity index (χ3v) is 2.39. The van der Waals surface area contributed by atoms with E-state index < -0.39 is 0 Å². The molecule has 0 fully saturated rings. The van der Waals surface area contributed by atoms with Crippen LogP contribution in [-0.2, 0) is 0 Å². The first kappa shape index (κ1) is 8.79. The van der Waals surface area contributed by atoms with Gasteiger partial charge in [-0.1, -0.05) is 32.4 Å². The Labute approximate surface area is 69.9 Å². The first-order valence-corrected chi connectivity index (χ1v) is 4.62. The Balaban J connectivity index is 2.62. The van der Waals surface area contributed by atoms with E-state index in [-0.39, 0.29) is 0 Å². The van der Waals surface area contributed by atoms with Crippen LogP contribution in [-0.4, -0.2) is 13.1 Å². The second kappa shape index (κ2) is 3.91. The topological polar surface area (TPSA) is 12.0 Å². The van der Waals surface area contributed by atoms with Gasteiger partial charge in [0.05, 0.1) is 0 Å². The summed E-state index contributed by atoms with van der Waals surface area (Å²) >= 11 is 0. The summed E-state index contributed by atoms with van der Waals surface area (Å²) in [6, 6.07) is 0. The van der Waals surface area contributed by atoms with E-state index in [1.807, 2.05) is 0 Å². The maximum Gasteiger partial charge on any atom is 0.00144 e. The summed E-state index contributed by atoms with van der Waals surface area (Å²) in [6.07, 6.45) is 3.62. The molecule has 1 N–H and O–H groups in total. The Bertz CT molecular complexity index is 147. The van der Waals surface area contributed by atoms with Crippen molar-refractivity contribution in [1.82, 2.24) is 5.32 Å². The minimum Gasteiger partial charge on any atom is -0.316 e. The normalized spacial score (nSPS) is 26.5. The molecule has 0 radical (unpaired) electrons. The minimum absolute atomic E-state index is 0.727. The molecule has 0 aromatic rings. The quantitative estimate of drug-likeness (QED) is 0.569. The van der Waals surface area contributed by atoms with Crippen LogP contribution < -0.4 is 5.32 Å². The van der Waals surface area contributed by atoms with Gasteiger partial charge in [-0.05, 0) is 24.8 Å². The van der Waals surface area contributed by atoms with Crippen molar-refractivity contribution in [2.45, 2.75) is 27.2 Å². The summed E-state index contributed by atoms with van der Waals surface area (Å²) in [6.45, 7) is 9.19. The molecule has 0 aromatic carbocycles. The summed E-state index contributed by atoms with van der Waals surface area (Å²) < 4.78 is 0. The number of hydrogen-bond acceptors (Lipinski definition) is 1. The van der Waals surface area contributed by atoms with Gasteiger partial charge in [-0.15, -0.1) is 0 Å². The SMILES string of the molecule is CC(C)C1=CCCNCC1C. The Kier molecular flexibility index (Phi) is 3.13. The first-order valence-electron chi connectivity index (χ1n) is 4.62. The summed E-state index contributed by atoms with van der Waals surface area (Å²) in [7, 11) is 0. The molecule has 0 saturated carbocycles. The Hall–Kier alpha value is -0.300. The van der Waals surface area contributed by atoms with Crippen LogP contribution in [0.1, 0.15) is 27.2 Å². The molecule has 1 atom stereocenters. The summed E-state index contributed by atoms with van der Waals surface area (Å²) in [5.74, 6) is 1.46. The predicted octanol–water partition coefficient (Wildman–Crippen LogP) is 2.20. The summed E-state index contributed by atoms with van der Waals surface area (Å²) in [5.41, 5.74) is 1.63. The van der Waals surface area contributed by atoms with E-state index in [0.717, 1.165) is 24.9 Å². The highest BCUT2D eigenvalue weighted by Gasteiger charge is 2.13.